The Morgan fingerprint density at radius 3 is 2.68 bits per heavy atom. The minimum atomic E-state index is 0.257. The highest BCUT2D eigenvalue weighted by molar-refractivity contribution is 5.26. The molecule has 1 aliphatic heterocycles. The fraction of sp³-hybridized carbons (Fsp3) is 0.600. The van der Waals surface area contributed by atoms with E-state index in [4.69, 9.17) is 14.2 Å². The van der Waals surface area contributed by atoms with Crippen LogP contribution in [-0.2, 0) is 16.0 Å². The number of hydrogen-bond acceptors (Lipinski definition) is 4. The van der Waals surface area contributed by atoms with Gasteiger partial charge in [-0.25, -0.2) is 0 Å². The molecule has 0 aliphatic carbocycles. The molecule has 0 saturated carbocycles. The molecule has 1 aromatic carbocycles. The van der Waals surface area contributed by atoms with E-state index in [1.54, 1.807) is 7.11 Å². The average Bonchev–Trinajstić information content (AvgIpc) is 2.47. The van der Waals surface area contributed by atoms with Gasteiger partial charge in [-0.3, -0.25) is 0 Å². The Kier molecular flexibility index (Phi) is 5.63. The summed E-state index contributed by atoms with van der Waals surface area (Å²) in [7, 11) is 3.82. The summed E-state index contributed by atoms with van der Waals surface area (Å²) in [6.07, 6.45) is 1.28. The van der Waals surface area contributed by atoms with Crippen molar-refractivity contribution in [2.45, 2.75) is 19.1 Å². The molecule has 0 aromatic heterocycles. The summed E-state index contributed by atoms with van der Waals surface area (Å²) in [6.45, 7) is 4.15. The number of ether oxygens (including phenoxy) is 3. The van der Waals surface area contributed by atoms with Crippen LogP contribution in [0.25, 0.3) is 0 Å². The van der Waals surface area contributed by atoms with Gasteiger partial charge in [-0.1, -0.05) is 12.1 Å². The van der Waals surface area contributed by atoms with Gasteiger partial charge in [0.25, 0.3) is 0 Å². The molecule has 0 N–H and O–H groups in total. The van der Waals surface area contributed by atoms with Crippen LogP contribution in [0.5, 0.6) is 5.75 Å². The lowest BCUT2D eigenvalue weighted by molar-refractivity contribution is -0.0923. The van der Waals surface area contributed by atoms with Crippen LogP contribution in [0.3, 0.4) is 0 Å². The molecule has 1 aromatic rings. The van der Waals surface area contributed by atoms with Crippen molar-refractivity contribution < 1.29 is 14.2 Å². The Morgan fingerprint density at radius 2 is 2.05 bits per heavy atom. The molecule has 4 nitrogen and oxygen atoms in total. The van der Waals surface area contributed by atoms with Crippen molar-refractivity contribution in [1.82, 2.24) is 4.90 Å². The van der Waals surface area contributed by atoms with E-state index in [1.165, 1.54) is 5.56 Å². The maximum atomic E-state index is 5.64. The second-order valence-corrected chi connectivity index (χ2v) is 4.94. The predicted octanol–water partition coefficient (Wildman–Crippen LogP) is 1.93. The van der Waals surface area contributed by atoms with Gasteiger partial charge in [0.05, 0.1) is 33.0 Å². The van der Waals surface area contributed by atoms with Crippen LogP contribution in [0.1, 0.15) is 12.0 Å². The number of benzene rings is 1. The van der Waals surface area contributed by atoms with Gasteiger partial charge < -0.3 is 19.1 Å². The average molecular weight is 265 g/mol. The molecule has 4 heteroatoms. The van der Waals surface area contributed by atoms with E-state index in [0.717, 1.165) is 45.1 Å². The molecule has 0 radical (unpaired) electrons. The topological polar surface area (TPSA) is 30.9 Å². The van der Waals surface area contributed by atoms with Gasteiger partial charge in [-0.05, 0) is 31.2 Å². The molecule has 106 valence electrons. The third kappa shape index (κ3) is 4.82. The molecule has 1 saturated heterocycles. The Morgan fingerprint density at radius 1 is 1.26 bits per heavy atom. The van der Waals surface area contributed by atoms with Gasteiger partial charge in [-0.15, -0.1) is 0 Å². The van der Waals surface area contributed by atoms with Crippen molar-refractivity contribution in [3.05, 3.63) is 29.8 Å². The molecular formula is C15H23NO3. The van der Waals surface area contributed by atoms with Crippen molar-refractivity contribution in [2.24, 2.45) is 0 Å². The predicted molar refractivity (Wildman–Crippen MR) is 74.5 cm³/mol. The van der Waals surface area contributed by atoms with E-state index in [1.807, 2.05) is 12.1 Å². The third-order valence-corrected chi connectivity index (χ3v) is 3.33. The SMILES string of the molecule is COc1ccc(CN(C)CCC2COCCO2)cc1. The minimum absolute atomic E-state index is 0.257. The maximum Gasteiger partial charge on any atom is 0.118 e. The van der Waals surface area contributed by atoms with E-state index in [9.17, 15) is 0 Å². The molecule has 0 amide bonds. The van der Waals surface area contributed by atoms with Crippen LogP contribution in [0.4, 0.5) is 0 Å². The van der Waals surface area contributed by atoms with Crippen LogP contribution in [0.2, 0.25) is 0 Å². The Balaban J connectivity index is 1.71. The highest BCUT2D eigenvalue weighted by Gasteiger charge is 2.14. The maximum absolute atomic E-state index is 5.64. The molecule has 1 aliphatic rings. The first-order valence-corrected chi connectivity index (χ1v) is 6.79. The summed E-state index contributed by atoms with van der Waals surface area (Å²) in [4.78, 5) is 2.31. The van der Waals surface area contributed by atoms with E-state index in [0.29, 0.717) is 0 Å². The lowest BCUT2D eigenvalue weighted by Crippen LogP contribution is -2.32. The summed E-state index contributed by atoms with van der Waals surface area (Å²) in [6, 6.07) is 8.22. The number of nitrogens with zero attached hydrogens (tertiary/aromatic N) is 1. The third-order valence-electron chi connectivity index (χ3n) is 3.33. The molecule has 19 heavy (non-hydrogen) atoms. The summed E-state index contributed by atoms with van der Waals surface area (Å²) >= 11 is 0. The Bertz CT molecular complexity index is 360. The van der Waals surface area contributed by atoms with E-state index in [2.05, 4.69) is 24.1 Å². The van der Waals surface area contributed by atoms with Crippen molar-refractivity contribution in [3.8, 4) is 5.75 Å². The molecule has 0 bridgehead atoms. The van der Waals surface area contributed by atoms with Crippen molar-refractivity contribution >= 4 is 0 Å². The quantitative estimate of drug-likeness (QED) is 0.786. The summed E-state index contributed by atoms with van der Waals surface area (Å²) in [5, 5.41) is 0. The van der Waals surface area contributed by atoms with Gasteiger partial charge in [-0.2, -0.15) is 0 Å². The zero-order valence-corrected chi connectivity index (χ0v) is 11.8. The van der Waals surface area contributed by atoms with Gasteiger partial charge >= 0.3 is 0 Å². The number of methoxy groups -OCH3 is 1. The Labute approximate surface area is 115 Å². The van der Waals surface area contributed by atoms with Crippen LogP contribution < -0.4 is 4.74 Å². The number of hydrogen-bond donors (Lipinski definition) is 0. The molecule has 1 heterocycles. The molecule has 2 rings (SSSR count). The standard InChI is InChI=1S/C15H23NO3/c1-16(8-7-15-12-18-9-10-19-15)11-13-3-5-14(17-2)6-4-13/h3-6,15H,7-12H2,1-2H3. The van der Waals surface area contributed by atoms with Crippen molar-refractivity contribution in [3.63, 3.8) is 0 Å². The van der Waals surface area contributed by atoms with Gasteiger partial charge in [0, 0.05) is 13.1 Å². The monoisotopic (exact) mass is 265 g/mol. The second-order valence-electron chi connectivity index (χ2n) is 4.94. The van der Waals surface area contributed by atoms with Gasteiger partial charge in [0.2, 0.25) is 0 Å². The second kappa shape index (κ2) is 7.48. The normalized spacial score (nSPS) is 19.6. The summed E-state index contributed by atoms with van der Waals surface area (Å²) < 4.78 is 16.2. The molecule has 1 unspecified atom stereocenters. The van der Waals surface area contributed by atoms with Gasteiger partial charge in [0.15, 0.2) is 0 Å². The van der Waals surface area contributed by atoms with Crippen LogP contribution >= 0.6 is 0 Å². The smallest absolute Gasteiger partial charge is 0.118 e. The van der Waals surface area contributed by atoms with Crippen molar-refractivity contribution in [1.29, 1.82) is 0 Å². The zero-order chi connectivity index (χ0) is 13.5. The first kappa shape index (κ1) is 14.3. The lowest BCUT2D eigenvalue weighted by Gasteiger charge is -2.25. The fourth-order valence-electron chi connectivity index (χ4n) is 2.19. The largest absolute Gasteiger partial charge is 0.497 e. The van der Waals surface area contributed by atoms with Crippen LogP contribution in [0.15, 0.2) is 24.3 Å². The van der Waals surface area contributed by atoms with Crippen LogP contribution in [0, 0.1) is 0 Å². The first-order valence-electron chi connectivity index (χ1n) is 6.79. The van der Waals surface area contributed by atoms with Crippen molar-refractivity contribution in [2.75, 3.05) is 40.5 Å². The zero-order valence-electron chi connectivity index (χ0n) is 11.8. The van der Waals surface area contributed by atoms with E-state index < -0.39 is 0 Å². The molecule has 1 atom stereocenters. The molecule has 0 spiro atoms. The molecular weight excluding hydrogens is 242 g/mol. The highest BCUT2D eigenvalue weighted by Crippen LogP contribution is 2.13. The Hall–Kier alpha value is -1.10. The van der Waals surface area contributed by atoms with E-state index in [-0.39, 0.29) is 6.10 Å². The number of rotatable bonds is 6. The highest BCUT2D eigenvalue weighted by atomic mass is 16.6. The van der Waals surface area contributed by atoms with E-state index >= 15 is 0 Å². The summed E-state index contributed by atoms with van der Waals surface area (Å²) in [5.74, 6) is 0.902. The first-order chi connectivity index (χ1) is 9.28. The molecule has 1 fully saturated rings. The van der Waals surface area contributed by atoms with Gasteiger partial charge in [0.1, 0.15) is 5.75 Å². The fourth-order valence-corrected chi connectivity index (χ4v) is 2.19. The lowest BCUT2D eigenvalue weighted by atomic mass is 10.2. The minimum Gasteiger partial charge on any atom is -0.497 e. The summed E-state index contributed by atoms with van der Waals surface area (Å²) in [5.41, 5.74) is 1.30. The van der Waals surface area contributed by atoms with Crippen LogP contribution in [-0.4, -0.2) is 51.5 Å².